The average Bonchev–Trinajstić information content (AvgIpc) is 3.32. The average molecular weight is 581 g/mol. The van der Waals surface area contributed by atoms with Crippen molar-refractivity contribution < 1.29 is 19.5 Å². The third-order valence-electron chi connectivity index (χ3n) is 7.95. The number of hydrogen-bond donors (Lipinski definition) is 2. The van der Waals surface area contributed by atoms with Crippen LogP contribution >= 0.6 is 11.6 Å². The van der Waals surface area contributed by atoms with E-state index in [1.165, 1.54) is 0 Å². The van der Waals surface area contributed by atoms with Gasteiger partial charge in [0.25, 0.3) is 0 Å². The molecule has 0 saturated heterocycles. The van der Waals surface area contributed by atoms with Crippen LogP contribution in [0.3, 0.4) is 0 Å². The van der Waals surface area contributed by atoms with Gasteiger partial charge in [-0.1, -0.05) is 96.5 Å². The van der Waals surface area contributed by atoms with Gasteiger partial charge in [-0.05, 0) is 99.5 Å². The molecule has 0 bridgehead atoms. The zero-order valence-corrected chi connectivity index (χ0v) is 23.8. The van der Waals surface area contributed by atoms with E-state index in [4.69, 9.17) is 21.1 Å². The first-order valence-electron chi connectivity index (χ1n) is 14.0. The van der Waals surface area contributed by atoms with Gasteiger partial charge in [0, 0.05) is 5.02 Å². The zero-order chi connectivity index (χ0) is 29.4. The third-order valence-corrected chi connectivity index (χ3v) is 8.19. The molecule has 0 aliphatic heterocycles. The Balaban J connectivity index is 1.42. The van der Waals surface area contributed by atoms with Crippen LogP contribution < -0.4 is 14.9 Å². The van der Waals surface area contributed by atoms with E-state index >= 15 is 0 Å². The van der Waals surface area contributed by atoms with Crippen LogP contribution in [0.2, 0.25) is 5.02 Å². The molecule has 208 valence electrons. The predicted molar refractivity (Wildman–Crippen MR) is 172 cm³/mol. The van der Waals surface area contributed by atoms with Crippen LogP contribution in [-0.2, 0) is 5.41 Å². The highest BCUT2D eigenvalue weighted by molar-refractivity contribution is 6.58. The Morgan fingerprint density at radius 3 is 1.42 bits per heavy atom. The number of halogens is 1. The topological polar surface area (TPSA) is 58.9 Å². The van der Waals surface area contributed by atoms with E-state index in [2.05, 4.69) is 24.3 Å². The summed E-state index contributed by atoms with van der Waals surface area (Å²) < 4.78 is 12.2. The summed E-state index contributed by atoms with van der Waals surface area (Å²) in [5, 5.41) is 21.0. The zero-order valence-electron chi connectivity index (χ0n) is 23.0. The highest BCUT2D eigenvalue weighted by atomic mass is 35.5. The summed E-state index contributed by atoms with van der Waals surface area (Å²) >= 11 is 6.66. The number of fused-ring (bicyclic) bond motifs is 3. The minimum absolute atomic E-state index is 0.412. The van der Waals surface area contributed by atoms with Crippen molar-refractivity contribution in [3.05, 3.63) is 173 Å². The van der Waals surface area contributed by atoms with Crippen LogP contribution in [0.15, 0.2) is 146 Å². The lowest BCUT2D eigenvalue weighted by molar-refractivity contribution is 0.425. The fourth-order valence-corrected chi connectivity index (χ4v) is 6.23. The molecule has 0 aromatic heterocycles. The van der Waals surface area contributed by atoms with Crippen molar-refractivity contribution in [3.63, 3.8) is 0 Å². The van der Waals surface area contributed by atoms with Crippen molar-refractivity contribution in [1.29, 1.82) is 0 Å². The van der Waals surface area contributed by atoms with Crippen molar-refractivity contribution in [2.75, 3.05) is 0 Å². The Bertz CT molecular complexity index is 1810. The number of benzene rings is 6. The van der Waals surface area contributed by atoms with Crippen LogP contribution in [0.1, 0.15) is 22.3 Å². The Kier molecular flexibility index (Phi) is 7.00. The fourth-order valence-electron chi connectivity index (χ4n) is 6.06. The monoisotopic (exact) mass is 580 g/mol. The molecule has 0 spiro atoms. The molecule has 6 aromatic carbocycles. The van der Waals surface area contributed by atoms with Crippen molar-refractivity contribution >= 4 is 24.2 Å². The van der Waals surface area contributed by atoms with Crippen molar-refractivity contribution in [2.24, 2.45) is 0 Å². The van der Waals surface area contributed by atoms with E-state index in [1.807, 2.05) is 115 Å². The molecule has 1 aliphatic carbocycles. The van der Waals surface area contributed by atoms with Gasteiger partial charge in [0.05, 0.1) is 5.41 Å². The molecule has 4 nitrogen and oxygen atoms in total. The predicted octanol–water partition coefficient (Wildman–Crippen LogP) is 7.97. The third kappa shape index (κ3) is 4.88. The van der Waals surface area contributed by atoms with Crippen molar-refractivity contribution in [1.82, 2.24) is 0 Å². The first-order chi connectivity index (χ1) is 21.0. The summed E-state index contributed by atoms with van der Waals surface area (Å²) in [4.78, 5) is 0. The van der Waals surface area contributed by atoms with E-state index in [-0.39, 0.29) is 0 Å². The molecule has 43 heavy (non-hydrogen) atoms. The Labute approximate surface area is 255 Å². The number of para-hydroxylation sites is 2. The van der Waals surface area contributed by atoms with Gasteiger partial charge in [0.2, 0.25) is 0 Å². The molecule has 6 heteroatoms. The number of hydrogen-bond acceptors (Lipinski definition) is 4. The van der Waals surface area contributed by atoms with Gasteiger partial charge in [-0.25, -0.2) is 0 Å². The van der Waals surface area contributed by atoms with Crippen LogP contribution in [0, 0.1) is 0 Å². The van der Waals surface area contributed by atoms with E-state index in [9.17, 15) is 10.0 Å². The highest BCUT2D eigenvalue weighted by Gasteiger charge is 2.46. The van der Waals surface area contributed by atoms with Gasteiger partial charge >= 0.3 is 7.12 Å². The largest absolute Gasteiger partial charge is 0.488 e. The maximum absolute atomic E-state index is 10.2. The molecule has 0 radical (unpaired) electrons. The molecule has 0 amide bonds. The van der Waals surface area contributed by atoms with Crippen LogP contribution in [0.25, 0.3) is 11.1 Å². The summed E-state index contributed by atoms with van der Waals surface area (Å²) in [6.07, 6.45) is 0. The second-order valence-electron chi connectivity index (χ2n) is 10.5. The summed E-state index contributed by atoms with van der Waals surface area (Å²) in [5.41, 5.74) is 5.55. The molecule has 6 aromatic rings. The fraction of sp³-hybridized carbons (Fsp3) is 0.0270. The number of ether oxygens (including phenoxy) is 2. The van der Waals surface area contributed by atoms with Crippen LogP contribution in [-0.4, -0.2) is 17.2 Å². The summed E-state index contributed by atoms with van der Waals surface area (Å²) in [5.74, 6) is 2.93. The molecule has 2 N–H and O–H groups in total. The highest BCUT2D eigenvalue weighted by Crippen LogP contribution is 2.56. The molecule has 7 rings (SSSR count). The van der Waals surface area contributed by atoms with E-state index in [0.29, 0.717) is 22.0 Å². The second kappa shape index (κ2) is 11.1. The lowest BCUT2D eigenvalue weighted by Crippen LogP contribution is -2.33. The molecule has 0 atom stereocenters. The lowest BCUT2D eigenvalue weighted by atomic mass is 9.66. The standard InChI is InChI=1S/C37H26BClO4/c39-28-16-22-34-33-21-15-27(38(40)41)23-35(33)37(36(34)24-28,25-11-17-31(18-12-25)42-29-7-3-1-4-8-29)26-13-19-32(20-14-26)43-30-9-5-2-6-10-30/h1-24,40-41H. The minimum Gasteiger partial charge on any atom is -0.457 e. The van der Waals surface area contributed by atoms with E-state index < -0.39 is 12.5 Å². The second-order valence-corrected chi connectivity index (χ2v) is 10.9. The van der Waals surface area contributed by atoms with Crippen molar-refractivity contribution in [2.45, 2.75) is 5.41 Å². The van der Waals surface area contributed by atoms with Gasteiger partial charge in [-0.3, -0.25) is 0 Å². The first-order valence-corrected chi connectivity index (χ1v) is 14.4. The minimum atomic E-state index is -1.61. The lowest BCUT2D eigenvalue weighted by Gasteiger charge is -2.34. The van der Waals surface area contributed by atoms with E-state index in [0.717, 1.165) is 44.9 Å². The summed E-state index contributed by atoms with van der Waals surface area (Å²) in [6, 6.07) is 47.0. The van der Waals surface area contributed by atoms with Crippen LogP contribution in [0.4, 0.5) is 0 Å². The summed E-state index contributed by atoms with van der Waals surface area (Å²) in [6.45, 7) is 0. The van der Waals surface area contributed by atoms with Crippen LogP contribution in [0.5, 0.6) is 23.0 Å². The van der Waals surface area contributed by atoms with Gasteiger partial charge in [0.15, 0.2) is 0 Å². The SMILES string of the molecule is OB(O)c1ccc2c(c1)C(c1ccc(Oc3ccccc3)cc1)(c1ccc(Oc3ccccc3)cc1)c1cc(Cl)ccc1-2. The maximum Gasteiger partial charge on any atom is 0.488 e. The Morgan fingerprint density at radius 2 is 0.930 bits per heavy atom. The Morgan fingerprint density at radius 1 is 0.488 bits per heavy atom. The molecular formula is C37H26BClO4. The molecule has 0 unspecified atom stereocenters. The molecule has 0 fully saturated rings. The molecular weight excluding hydrogens is 555 g/mol. The van der Waals surface area contributed by atoms with Crippen molar-refractivity contribution in [3.8, 4) is 34.1 Å². The van der Waals surface area contributed by atoms with Gasteiger partial charge < -0.3 is 19.5 Å². The van der Waals surface area contributed by atoms with Gasteiger partial charge in [-0.2, -0.15) is 0 Å². The maximum atomic E-state index is 10.2. The quantitative estimate of drug-likeness (QED) is 0.188. The number of rotatable bonds is 7. The Hall–Kier alpha value is -4.81. The normalized spacial score (nSPS) is 12.7. The summed E-state index contributed by atoms with van der Waals surface area (Å²) in [7, 11) is -1.61. The molecule has 1 aliphatic rings. The molecule has 0 saturated carbocycles. The van der Waals surface area contributed by atoms with E-state index in [1.54, 1.807) is 6.07 Å². The van der Waals surface area contributed by atoms with Gasteiger partial charge in [0.1, 0.15) is 23.0 Å². The first kappa shape index (κ1) is 27.1. The van der Waals surface area contributed by atoms with Gasteiger partial charge in [-0.15, -0.1) is 0 Å². The molecule has 0 heterocycles. The smallest absolute Gasteiger partial charge is 0.457 e.